The number of halogens is 1. The van der Waals surface area contributed by atoms with Gasteiger partial charge in [-0.25, -0.2) is 14.8 Å². The van der Waals surface area contributed by atoms with Crippen LogP contribution in [0.1, 0.15) is 56.6 Å². The van der Waals surface area contributed by atoms with E-state index in [0.29, 0.717) is 29.6 Å². The number of esters is 1. The number of carbonyl (C=O) groups excluding carboxylic acids is 1. The van der Waals surface area contributed by atoms with Crippen molar-refractivity contribution >= 4 is 23.5 Å². The third-order valence-electron chi connectivity index (χ3n) is 4.52. The summed E-state index contributed by atoms with van der Waals surface area (Å²) in [7, 11) is 0. The van der Waals surface area contributed by atoms with Gasteiger partial charge in [0, 0.05) is 13.1 Å². The predicted octanol–water partition coefficient (Wildman–Crippen LogP) is 3.88. The summed E-state index contributed by atoms with van der Waals surface area (Å²) in [6, 6.07) is 0. The SMILES string of the molecule is CCOC(=O)c1c(C)nc(N2CCC(C(C)(C)C)CC2)nc1Cl. The predicted molar refractivity (Wildman–Crippen MR) is 92.1 cm³/mol. The Morgan fingerprint density at radius 1 is 1.30 bits per heavy atom. The van der Waals surface area contributed by atoms with Crippen LogP contribution >= 0.6 is 11.6 Å². The van der Waals surface area contributed by atoms with Crippen molar-refractivity contribution in [2.24, 2.45) is 11.3 Å². The number of carbonyl (C=O) groups is 1. The van der Waals surface area contributed by atoms with Gasteiger partial charge >= 0.3 is 5.97 Å². The summed E-state index contributed by atoms with van der Waals surface area (Å²) in [6.07, 6.45) is 2.23. The molecular weight excluding hydrogens is 314 g/mol. The molecule has 1 aromatic heterocycles. The summed E-state index contributed by atoms with van der Waals surface area (Å²) < 4.78 is 5.01. The highest BCUT2D eigenvalue weighted by atomic mass is 35.5. The standard InChI is InChI=1S/C17H26ClN3O2/c1-6-23-15(22)13-11(2)19-16(20-14(13)18)21-9-7-12(8-10-21)17(3,4)5/h12H,6-10H2,1-5H3. The first-order chi connectivity index (χ1) is 10.7. The summed E-state index contributed by atoms with van der Waals surface area (Å²) in [5, 5.41) is 0.170. The van der Waals surface area contributed by atoms with Crippen LogP contribution in [0.15, 0.2) is 0 Å². The van der Waals surface area contributed by atoms with E-state index in [-0.39, 0.29) is 10.7 Å². The molecule has 23 heavy (non-hydrogen) atoms. The molecule has 1 fully saturated rings. The van der Waals surface area contributed by atoms with Crippen LogP contribution in [0.25, 0.3) is 0 Å². The number of hydrogen-bond donors (Lipinski definition) is 0. The van der Waals surface area contributed by atoms with E-state index in [2.05, 4.69) is 35.6 Å². The van der Waals surface area contributed by atoms with Gasteiger partial charge in [0.2, 0.25) is 5.95 Å². The van der Waals surface area contributed by atoms with Crippen LogP contribution in [0, 0.1) is 18.3 Å². The molecule has 128 valence electrons. The molecule has 1 aromatic rings. The van der Waals surface area contributed by atoms with Crippen molar-refractivity contribution in [1.82, 2.24) is 9.97 Å². The molecule has 0 aliphatic carbocycles. The maximum Gasteiger partial charge on any atom is 0.343 e. The number of aryl methyl sites for hydroxylation is 1. The molecule has 6 heteroatoms. The number of piperidine rings is 1. The summed E-state index contributed by atoms with van der Waals surface area (Å²) >= 11 is 6.21. The monoisotopic (exact) mass is 339 g/mol. The largest absolute Gasteiger partial charge is 0.462 e. The average Bonchev–Trinajstić information content (AvgIpc) is 2.46. The van der Waals surface area contributed by atoms with Crippen LogP contribution in [0.2, 0.25) is 5.15 Å². The Morgan fingerprint density at radius 2 is 1.91 bits per heavy atom. The lowest BCUT2D eigenvalue weighted by Gasteiger charge is -2.38. The first-order valence-electron chi connectivity index (χ1n) is 8.20. The van der Waals surface area contributed by atoms with Gasteiger partial charge in [-0.1, -0.05) is 32.4 Å². The van der Waals surface area contributed by atoms with Crippen molar-refractivity contribution in [2.75, 3.05) is 24.6 Å². The summed E-state index contributed by atoms with van der Waals surface area (Å²) in [4.78, 5) is 22.9. The van der Waals surface area contributed by atoms with Crippen molar-refractivity contribution in [3.8, 4) is 0 Å². The Morgan fingerprint density at radius 3 is 2.39 bits per heavy atom. The van der Waals surface area contributed by atoms with Crippen LogP contribution in [0.4, 0.5) is 5.95 Å². The summed E-state index contributed by atoms with van der Waals surface area (Å²) in [5.41, 5.74) is 1.16. The summed E-state index contributed by atoms with van der Waals surface area (Å²) in [6.45, 7) is 12.5. The average molecular weight is 340 g/mol. The lowest BCUT2D eigenvalue weighted by Crippen LogP contribution is -2.39. The molecule has 5 nitrogen and oxygen atoms in total. The van der Waals surface area contributed by atoms with Crippen LogP contribution in [-0.4, -0.2) is 35.6 Å². The zero-order chi connectivity index (χ0) is 17.2. The molecule has 0 unspecified atom stereocenters. The molecule has 0 bridgehead atoms. The second kappa shape index (κ2) is 7.04. The van der Waals surface area contributed by atoms with Gasteiger partial charge < -0.3 is 9.64 Å². The van der Waals surface area contributed by atoms with Gasteiger partial charge in [-0.05, 0) is 38.0 Å². The molecule has 0 aromatic carbocycles. The van der Waals surface area contributed by atoms with E-state index in [4.69, 9.17) is 16.3 Å². The van der Waals surface area contributed by atoms with Gasteiger partial charge in [-0.15, -0.1) is 0 Å². The number of hydrogen-bond acceptors (Lipinski definition) is 5. The van der Waals surface area contributed by atoms with Gasteiger partial charge in [0.15, 0.2) is 0 Å². The van der Waals surface area contributed by atoms with Crippen LogP contribution in [0.5, 0.6) is 0 Å². The van der Waals surface area contributed by atoms with Crippen LogP contribution < -0.4 is 4.90 Å². The third kappa shape index (κ3) is 4.14. The maximum atomic E-state index is 11.9. The lowest BCUT2D eigenvalue weighted by atomic mass is 9.75. The van der Waals surface area contributed by atoms with Crippen molar-refractivity contribution in [1.29, 1.82) is 0 Å². The van der Waals surface area contributed by atoms with Crippen LogP contribution in [0.3, 0.4) is 0 Å². The highest BCUT2D eigenvalue weighted by molar-refractivity contribution is 6.32. The molecule has 2 rings (SSSR count). The quantitative estimate of drug-likeness (QED) is 0.618. The van der Waals surface area contributed by atoms with E-state index < -0.39 is 5.97 Å². The first kappa shape index (κ1) is 18.0. The molecule has 2 heterocycles. The van der Waals surface area contributed by atoms with Crippen molar-refractivity contribution in [3.63, 3.8) is 0 Å². The van der Waals surface area contributed by atoms with Gasteiger partial charge in [0.05, 0.1) is 12.3 Å². The molecule has 0 atom stereocenters. The number of rotatable bonds is 3. The molecule has 1 aliphatic rings. The second-order valence-corrected chi connectivity index (χ2v) is 7.48. The third-order valence-corrected chi connectivity index (χ3v) is 4.79. The van der Waals surface area contributed by atoms with Crippen molar-refractivity contribution in [3.05, 3.63) is 16.4 Å². The molecule has 1 saturated heterocycles. The van der Waals surface area contributed by atoms with Gasteiger partial charge in [0.1, 0.15) is 10.7 Å². The highest BCUT2D eigenvalue weighted by Crippen LogP contribution is 2.35. The zero-order valence-corrected chi connectivity index (χ0v) is 15.4. The van der Waals surface area contributed by atoms with E-state index >= 15 is 0 Å². The van der Waals surface area contributed by atoms with E-state index in [9.17, 15) is 4.79 Å². The number of nitrogens with zero attached hydrogens (tertiary/aromatic N) is 3. The Kier molecular flexibility index (Phi) is 5.50. The molecule has 0 N–H and O–H groups in total. The Balaban J connectivity index is 2.15. The second-order valence-electron chi connectivity index (χ2n) is 7.12. The normalized spacial score (nSPS) is 16.5. The maximum absolute atomic E-state index is 11.9. The zero-order valence-electron chi connectivity index (χ0n) is 14.6. The van der Waals surface area contributed by atoms with E-state index in [1.807, 2.05) is 0 Å². The Labute approximate surface area is 143 Å². The minimum atomic E-state index is -0.465. The molecule has 0 radical (unpaired) electrons. The molecular formula is C17H26ClN3O2. The molecule has 0 saturated carbocycles. The highest BCUT2D eigenvalue weighted by Gasteiger charge is 2.30. The minimum absolute atomic E-state index is 0.170. The van der Waals surface area contributed by atoms with Gasteiger partial charge in [-0.2, -0.15) is 0 Å². The topological polar surface area (TPSA) is 55.3 Å². The molecule has 0 spiro atoms. The smallest absolute Gasteiger partial charge is 0.343 e. The molecule has 0 amide bonds. The fourth-order valence-corrected chi connectivity index (χ4v) is 3.34. The van der Waals surface area contributed by atoms with E-state index in [1.165, 1.54) is 0 Å². The van der Waals surface area contributed by atoms with Crippen molar-refractivity contribution in [2.45, 2.75) is 47.5 Å². The summed E-state index contributed by atoms with van der Waals surface area (Å²) in [5.74, 6) is 0.843. The van der Waals surface area contributed by atoms with Gasteiger partial charge in [0.25, 0.3) is 0 Å². The number of aromatic nitrogens is 2. The Bertz CT molecular complexity index is 553. The fraction of sp³-hybridized carbons (Fsp3) is 0.706. The van der Waals surface area contributed by atoms with Gasteiger partial charge in [-0.3, -0.25) is 0 Å². The lowest BCUT2D eigenvalue weighted by molar-refractivity contribution is 0.0524. The molecule has 1 aliphatic heterocycles. The van der Waals surface area contributed by atoms with E-state index in [1.54, 1.807) is 13.8 Å². The first-order valence-corrected chi connectivity index (χ1v) is 8.58. The fourth-order valence-electron chi connectivity index (χ4n) is 3.05. The van der Waals surface area contributed by atoms with Crippen LogP contribution in [-0.2, 0) is 4.74 Å². The van der Waals surface area contributed by atoms with Crippen molar-refractivity contribution < 1.29 is 9.53 Å². The number of anilines is 1. The van der Waals surface area contributed by atoms with E-state index in [0.717, 1.165) is 25.9 Å². The minimum Gasteiger partial charge on any atom is -0.462 e. The Hall–Kier alpha value is -1.36. The number of ether oxygens (including phenoxy) is 1.